The van der Waals surface area contributed by atoms with Crippen LogP contribution in [-0.2, 0) is 4.79 Å². The van der Waals surface area contributed by atoms with Gasteiger partial charge in [-0.1, -0.05) is 13.8 Å². The van der Waals surface area contributed by atoms with E-state index in [9.17, 15) is 4.79 Å². The molecule has 1 saturated heterocycles. The van der Waals surface area contributed by atoms with E-state index in [4.69, 9.17) is 0 Å². The largest absolute Gasteiger partial charge is 0.307 e. The van der Waals surface area contributed by atoms with Crippen molar-refractivity contribution in [1.82, 2.24) is 5.32 Å². The lowest BCUT2D eigenvalue weighted by atomic mass is 10.2. The summed E-state index contributed by atoms with van der Waals surface area (Å²) in [6.07, 6.45) is 2.19. The Morgan fingerprint density at radius 3 is 2.30 bits per heavy atom. The fraction of sp³-hybridized carbons (Fsp3) is 0.875. The third-order valence-electron chi connectivity index (χ3n) is 1.55. The van der Waals surface area contributed by atoms with Crippen molar-refractivity contribution in [3.8, 4) is 0 Å². The second kappa shape index (κ2) is 5.42. The SMILES string of the molecule is CC.CC(=O)[C@@H]1CCCN1. The predicted octanol–water partition coefficient (Wildman–Crippen LogP) is 1.35. The van der Waals surface area contributed by atoms with Gasteiger partial charge in [-0.25, -0.2) is 0 Å². The maximum atomic E-state index is 10.6. The second-order valence-corrected chi connectivity index (χ2v) is 2.26. The van der Waals surface area contributed by atoms with Crippen molar-refractivity contribution in [3.63, 3.8) is 0 Å². The summed E-state index contributed by atoms with van der Waals surface area (Å²) in [7, 11) is 0. The molecule has 1 N–H and O–H groups in total. The van der Waals surface area contributed by atoms with E-state index in [1.165, 1.54) is 0 Å². The van der Waals surface area contributed by atoms with E-state index in [2.05, 4.69) is 5.32 Å². The highest BCUT2D eigenvalue weighted by molar-refractivity contribution is 5.81. The molecule has 0 aromatic rings. The number of rotatable bonds is 1. The van der Waals surface area contributed by atoms with Crippen molar-refractivity contribution in [3.05, 3.63) is 0 Å². The van der Waals surface area contributed by atoms with Gasteiger partial charge in [0, 0.05) is 0 Å². The van der Waals surface area contributed by atoms with Gasteiger partial charge in [-0.05, 0) is 26.3 Å². The van der Waals surface area contributed by atoms with Gasteiger partial charge < -0.3 is 5.32 Å². The van der Waals surface area contributed by atoms with Gasteiger partial charge in [0.05, 0.1) is 6.04 Å². The summed E-state index contributed by atoms with van der Waals surface area (Å²) in [6.45, 7) is 6.66. The molecule has 1 fully saturated rings. The van der Waals surface area contributed by atoms with Crippen molar-refractivity contribution in [2.75, 3.05) is 6.54 Å². The minimum Gasteiger partial charge on any atom is -0.307 e. The standard InChI is InChI=1S/C6H11NO.C2H6/c1-5(8)6-3-2-4-7-6;1-2/h6-7H,2-4H2,1H3;1-2H3/t6-;/m0./s1. The summed E-state index contributed by atoms with van der Waals surface area (Å²) in [5, 5.41) is 3.11. The Kier molecular flexibility index (Phi) is 5.22. The monoisotopic (exact) mass is 143 g/mol. The Labute approximate surface area is 63.0 Å². The van der Waals surface area contributed by atoms with Crippen molar-refractivity contribution in [2.24, 2.45) is 0 Å². The molecule has 10 heavy (non-hydrogen) atoms. The summed E-state index contributed by atoms with van der Waals surface area (Å²) in [5.74, 6) is 0.280. The molecule has 0 bridgehead atoms. The first-order valence-electron chi connectivity index (χ1n) is 4.04. The van der Waals surface area contributed by atoms with Gasteiger partial charge in [0.2, 0.25) is 0 Å². The lowest BCUT2D eigenvalue weighted by Crippen LogP contribution is -2.28. The lowest BCUT2D eigenvalue weighted by Gasteiger charge is -2.01. The van der Waals surface area contributed by atoms with Crippen LogP contribution in [0.5, 0.6) is 0 Å². The molecule has 0 saturated carbocycles. The predicted molar refractivity (Wildman–Crippen MR) is 43.1 cm³/mol. The number of hydrogen-bond acceptors (Lipinski definition) is 2. The topological polar surface area (TPSA) is 29.1 Å². The molecule has 1 heterocycles. The van der Waals surface area contributed by atoms with Crippen LogP contribution in [0.1, 0.15) is 33.6 Å². The molecule has 0 amide bonds. The molecular weight excluding hydrogens is 126 g/mol. The van der Waals surface area contributed by atoms with Crippen molar-refractivity contribution >= 4 is 5.78 Å². The zero-order valence-electron chi connectivity index (χ0n) is 7.11. The number of Topliss-reactive ketones (excluding diaryl/α,β-unsaturated/α-hetero) is 1. The van der Waals surface area contributed by atoms with Crippen molar-refractivity contribution in [1.29, 1.82) is 0 Å². The summed E-state index contributed by atoms with van der Waals surface area (Å²) in [5.41, 5.74) is 0. The third-order valence-corrected chi connectivity index (χ3v) is 1.55. The van der Waals surface area contributed by atoms with Crippen LogP contribution in [0, 0.1) is 0 Å². The zero-order chi connectivity index (χ0) is 7.98. The van der Waals surface area contributed by atoms with E-state index < -0.39 is 0 Å². The van der Waals surface area contributed by atoms with E-state index in [-0.39, 0.29) is 11.8 Å². The molecule has 0 aromatic carbocycles. The highest BCUT2D eigenvalue weighted by Crippen LogP contribution is 2.04. The van der Waals surface area contributed by atoms with Crippen LogP contribution in [0.25, 0.3) is 0 Å². The van der Waals surface area contributed by atoms with Crippen LogP contribution in [0.3, 0.4) is 0 Å². The Hall–Kier alpha value is -0.370. The molecule has 0 aliphatic carbocycles. The first-order valence-corrected chi connectivity index (χ1v) is 4.04. The van der Waals surface area contributed by atoms with Crippen molar-refractivity contribution in [2.45, 2.75) is 39.7 Å². The van der Waals surface area contributed by atoms with Crippen LogP contribution in [0.2, 0.25) is 0 Å². The van der Waals surface area contributed by atoms with E-state index >= 15 is 0 Å². The smallest absolute Gasteiger partial charge is 0.146 e. The van der Waals surface area contributed by atoms with Gasteiger partial charge >= 0.3 is 0 Å². The first kappa shape index (κ1) is 9.63. The molecule has 0 spiro atoms. The van der Waals surface area contributed by atoms with E-state index in [0.717, 1.165) is 19.4 Å². The van der Waals surface area contributed by atoms with Crippen LogP contribution in [0.15, 0.2) is 0 Å². The molecule has 60 valence electrons. The number of carbonyl (C=O) groups is 1. The molecule has 0 aromatic heterocycles. The zero-order valence-corrected chi connectivity index (χ0v) is 7.11. The maximum absolute atomic E-state index is 10.6. The minimum atomic E-state index is 0.176. The normalized spacial score (nSPS) is 23.3. The number of ketones is 1. The summed E-state index contributed by atoms with van der Waals surface area (Å²) >= 11 is 0. The minimum absolute atomic E-state index is 0.176. The molecular formula is C8H17NO. The molecule has 2 nitrogen and oxygen atoms in total. The third kappa shape index (κ3) is 2.97. The fourth-order valence-corrected chi connectivity index (χ4v) is 1.03. The number of hydrogen-bond donors (Lipinski definition) is 1. The summed E-state index contributed by atoms with van der Waals surface area (Å²) < 4.78 is 0. The van der Waals surface area contributed by atoms with Gasteiger partial charge in [-0.15, -0.1) is 0 Å². The van der Waals surface area contributed by atoms with Gasteiger partial charge in [0.1, 0.15) is 5.78 Å². The Bertz CT molecular complexity index is 95.4. The lowest BCUT2D eigenvalue weighted by molar-refractivity contribution is -0.118. The van der Waals surface area contributed by atoms with Gasteiger partial charge in [0.15, 0.2) is 0 Å². The Morgan fingerprint density at radius 1 is 1.50 bits per heavy atom. The van der Waals surface area contributed by atoms with Crippen LogP contribution in [0.4, 0.5) is 0 Å². The average molecular weight is 143 g/mol. The van der Waals surface area contributed by atoms with Gasteiger partial charge in [-0.3, -0.25) is 4.79 Å². The highest BCUT2D eigenvalue weighted by atomic mass is 16.1. The molecule has 1 atom stereocenters. The average Bonchev–Trinajstić information content (AvgIpc) is 2.42. The summed E-state index contributed by atoms with van der Waals surface area (Å²) in [4.78, 5) is 10.6. The highest BCUT2D eigenvalue weighted by Gasteiger charge is 2.17. The molecule has 0 unspecified atom stereocenters. The van der Waals surface area contributed by atoms with E-state index in [0.29, 0.717) is 0 Å². The Balaban J connectivity index is 0.000000371. The van der Waals surface area contributed by atoms with E-state index in [1.807, 2.05) is 13.8 Å². The van der Waals surface area contributed by atoms with E-state index in [1.54, 1.807) is 6.92 Å². The van der Waals surface area contributed by atoms with Crippen LogP contribution < -0.4 is 5.32 Å². The van der Waals surface area contributed by atoms with Gasteiger partial charge in [0.25, 0.3) is 0 Å². The molecule has 1 aliphatic heterocycles. The molecule has 1 rings (SSSR count). The number of carbonyl (C=O) groups excluding carboxylic acids is 1. The first-order chi connectivity index (χ1) is 4.80. The molecule has 0 radical (unpaired) electrons. The quantitative estimate of drug-likeness (QED) is 0.600. The number of nitrogens with one attached hydrogen (secondary N) is 1. The summed E-state index contributed by atoms with van der Waals surface area (Å²) in [6, 6.07) is 0.176. The fourth-order valence-electron chi connectivity index (χ4n) is 1.03. The molecule has 1 aliphatic rings. The van der Waals surface area contributed by atoms with Crippen molar-refractivity contribution < 1.29 is 4.79 Å². The van der Waals surface area contributed by atoms with Crippen LogP contribution in [-0.4, -0.2) is 18.4 Å². The Morgan fingerprint density at radius 2 is 2.10 bits per heavy atom. The molecule has 2 heteroatoms. The van der Waals surface area contributed by atoms with Crippen LogP contribution >= 0.6 is 0 Å². The van der Waals surface area contributed by atoms with Gasteiger partial charge in [-0.2, -0.15) is 0 Å². The maximum Gasteiger partial charge on any atom is 0.146 e. The second-order valence-electron chi connectivity index (χ2n) is 2.26.